The van der Waals surface area contributed by atoms with Crippen molar-refractivity contribution in [1.82, 2.24) is 0 Å². The van der Waals surface area contributed by atoms with E-state index < -0.39 is 0 Å². The molecule has 0 amide bonds. The molecule has 0 nitrogen and oxygen atoms in total. The number of fused-ring (bicyclic) bond motifs is 4. The maximum atomic E-state index is 2.43. The minimum atomic E-state index is 0. The zero-order valence-electron chi connectivity index (χ0n) is 10.7. The molecule has 4 rings (SSSR count). The van der Waals surface area contributed by atoms with Gasteiger partial charge in [-0.1, -0.05) is 48.5 Å². The molecule has 0 bridgehead atoms. The summed E-state index contributed by atoms with van der Waals surface area (Å²) >= 11 is 2.43. The second-order valence-corrected chi connectivity index (χ2v) is 5.99. The van der Waals surface area contributed by atoms with Crippen molar-refractivity contribution in [3.05, 3.63) is 70.3 Å². The Kier molecular flexibility index (Phi) is 3.74. The van der Waals surface area contributed by atoms with Crippen LogP contribution in [0.25, 0.3) is 32.3 Å². The molecule has 0 N–H and O–H groups in total. The van der Waals surface area contributed by atoms with E-state index in [1.807, 2.05) is 0 Å². The maximum Gasteiger partial charge on any atom is 0.0215 e. The molecule has 0 aromatic heterocycles. The van der Waals surface area contributed by atoms with Crippen LogP contribution in [0.3, 0.4) is 0 Å². The fourth-order valence-electron chi connectivity index (χ4n) is 2.76. The van der Waals surface area contributed by atoms with Gasteiger partial charge in [-0.3, -0.25) is 0 Å². The molecule has 0 fully saturated rings. The summed E-state index contributed by atoms with van der Waals surface area (Å²) in [5.41, 5.74) is 0. The van der Waals surface area contributed by atoms with Crippen molar-refractivity contribution in [2.45, 2.75) is 0 Å². The van der Waals surface area contributed by atoms with Crippen LogP contribution in [0.15, 0.2) is 66.7 Å². The second-order valence-electron chi connectivity index (χ2n) is 4.82. The molecule has 4 aromatic carbocycles. The van der Waals surface area contributed by atoms with Gasteiger partial charge < -0.3 is 0 Å². The van der Waals surface area contributed by atoms with Crippen LogP contribution in [0.5, 0.6) is 0 Å². The summed E-state index contributed by atoms with van der Waals surface area (Å²) in [6.07, 6.45) is 0. The molecule has 0 aliphatic rings. The summed E-state index contributed by atoms with van der Waals surface area (Å²) < 4.78 is 1.32. The van der Waals surface area contributed by atoms with Crippen LogP contribution in [0.2, 0.25) is 0 Å². The Morgan fingerprint density at radius 2 is 1.25 bits per heavy atom. The van der Waals surface area contributed by atoms with Crippen LogP contribution in [-0.2, 0) is 0 Å². The van der Waals surface area contributed by atoms with E-state index in [0.29, 0.717) is 0 Å². The Balaban J connectivity index is 0.00000121. The third-order valence-electron chi connectivity index (χ3n) is 3.68. The molecule has 0 aliphatic carbocycles. The Bertz CT molecular complexity index is 928. The quantitative estimate of drug-likeness (QED) is 0.153. The van der Waals surface area contributed by atoms with Crippen molar-refractivity contribution in [3.8, 4) is 0 Å². The minimum Gasteiger partial charge on any atom is -0.0616 e. The Morgan fingerprint density at radius 1 is 0.600 bits per heavy atom. The standard InChI is InChI=1S/C18H11I.As/c19-17-7-3-6-12-8-9-15-10-13-4-1-2-5-14(13)11-16(15)18(12)17;/h1-11H;. The maximum absolute atomic E-state index is 2.43. The average molecular weight is 429 g/mol. The first kappa shape index (κ1) is 13.9. The van der Waals surface area contributed by atoms with Gasteiger partial charge in [0.1, 0.15) is 0 Å². The van der Waals surface area contributed by atoms with Gasteiger partial charge in [-0.25, -0.2) is 0 Å². The molecule has 2 heteroatoms. The Labute approximate surface area is 142 Å². The van der Waals surface area contributed by atoms with Gasteiger partial charge >= 0.3 is 0 Å². The van der Waals surface area contributed by atoms with Crippen molar-refractivity contribution in [3.63, 3.8) is 0 Å². The molecule has 0 spiro atoms. The fraction of sp³-hybridized carbons (Fsp3) is 0. The first-order valence-corrected chi connectivity index (χ1v) is 7.40. The molecule has 20 heavy (non-hydrogen) atoms. The summed E-state index contributed by atoms with van der Waals surface area (Å²) in [7, 11) is 0. The van der Waals surface area contributed by atoms with Gasteiger partial charge in [0.25, 0.3) is 0 Å². The molecule has 0 heterocycles. The SMILES string of the molecule is Ic1cccc2ccc3cc4ccccc4cc3c12.[As]. The van der Waals surface area contributed by atoms with E-state index >= 15 is 0 Å². The first-order chi connectivity index (χ1) is 9.33. The zero-order valence-corrected chi connectivity index (χ0v) is 14.7. The summed E-state index contributed by atoms with van der Waals surface area (Å²) in [5.74, 6) is 0. The average Bonchev–Trinajstić information content (AvgIpc) is 2.45. The van der Waals surface area contributed by atoms with Gasteiger partial charge in [-0.2, -0.15) is 0 Å². The van der Waals surface area contributed by atoms with Gasteiger partial charge in [-0.15, -0.1) is 0 Å². The third kappa shape index (κ3) is 2.13. The van der Waals surface area contributed by atoms with E-state index in [4.69, 9.17) is 0 Å². The molecule has 0 atom stereocenters. The molecule has 0 aliphatic heterocycles. The molecule has 0 saturated heterocycles. The van der Waals surface area contributed by atoms with Crippen LogP contribution in [0.4, 0.5) is 0 Å². The number of hydrogen-bond acceptors (Lipinski definition) is 0. The summed E-state index contributed by atoms with van der Waals surface area (Å²) in [5, 5.41) is 7.96. The predicted octanol–water partition coefficient (Wildman–Crippen LogP) is 5.37. The van der Waals surface area contributed by atoms with Crippen molar-refractivity contribution >= 4 is 72.9 Å². The smallest absolute Gasteiger partial charge is 0.0215 e. The van der Waals surface area contributed by atoms with E-state index in [1.54, 1.807) is 0 Å². The monoisotopic (exact) mass is 429 g/mol. The molecule has 0 saturated carbocycles. The summed E-state index contributed by atoms with van der Waals surface area (Å²) in [6.45, 7) is 0. The van der Waals surface area contributed by atoms with Crippen LogP contribution < -0.4 is 0 Å². The molecular formula is C18H11AsI. The van der Waals surface area contributed by atoms with Crippen LogP contribution in [0, 0.1) is 3.57 Å². The number of rotatable bonds is 0. The van der Waals surface area contributed by atoms with Crippen LogP contribution in [0.1, 0.15) is 0 Å². The van der Waals surface area contributed by atoms with Gasteiger partial charge in [-0.05, 0) is 67.7 Å². The van der Waals surface area contributed by atoms with E-state index in [9.17, 15) is 0 Å². The van der Waals surface area contributed by atoms with Crippen molar-refractivity contribution < 1.29 is 0 Å². The fourth-order valence-corrected chi connectivity index (χ4v) is 3.57. The van der Waals surface area contributed by atoms with Crippen LogP contribution >= 0.6 is 22.6 Å². The van der Waals surface area contributed by atoms with Gasteiger partial charge in [0, 0.05) is 26.9 Å². The molecule has 0 unspecified atom stereocenters. The van der Waals surface area contributed by atoms with Crippen molar-refractivity contribution in [2.24, 2.45) is 0 Å². The van der Waals surface area contributed by atoms with Crippen molar-refractivity contribution in [2.75, 3.05) is 0 Å². The van der Waals surface area contributed by atoms with E-state index in [0.717, 1.165) is 0 Å². The topological polar surface area (TPSA) is 0 Å². The Hall–Kier alpha value is -1.05. The van der Waals surface area contributed by atoms with Gasteiger partial charge in [0.15, 0.2) is 0 Å². The molecule has 4 aromatic rings. The number of halogens is 1. The van der Waals surface area contributed by atoms with Crippen LogP contribution in [-0.4, -0.2) is 18.0 Å². The summed E-state index contributed by atoms with van der Waals surface area (Å²) in [4.78, 5) is 0. The molecule has 3 radical (unpaired) electrons. The number of hydrogen-bond donors (Lipinski definition) is 0. The number of benzene rings is 4. The largest absolute Gasteiger partial charge is 0.0616 e. The summed E-state index contributed by atoms with van der Waals surface area (Å²) in [6, 6.07) is 24.1. The van der Waals surface area contributed by atoms with E-state index in [-0.39, 0.29) is 18.0 Å². The second kappa shape index (κ2) is 5.38. The third-order valence-corrected chi connectivity index (χ3v) is 4.57. The Morgan fingerprint density at radius 3 is 2.05 bits per heavy atom. The predicted molar refractivity (Wildman–Crippen MR) is 97.4 cm³/mol. The van der Waals surface area contributed by atoms with Gasteiger partial charge in [0.2, 0.25) is 0 Å². The first-order valence-electron chi connectivity index (χ1n) is 6.33. The van der Waals surface area contributed by atoms with E-state index in [1.165, 1.54) is 35.9 Å². The molecular weight excluding hydrogens is 418 g/mol. The molecule has 95 valence electrons. The van der Waals surface area contributed by atoms with Gasteiger partial charge in [0.05, 0.1) is 0 Å². The van der Waals surface area contributed by atoms with Crippen molar-refractivity contribution in [1.29, 1.82) is 0 Å². The minimum absolute atomic E-state index is 0. The zero-order chi connectivity index (χ0) is 12.8. The van der Waals surface area contributed by atoms with E-state index in [2.05, 4.69) is 89.3 Å². The normalized spacial score (nSPS) is 10.8.